The van der Waals surface area contributed by atoms with Crippen LogP contribution in [0.5, 0.6) is 0 Å². The highest BCUT2D eigenvalue weighted by Gasteiger charge is 2.30. The molecule has 1 N–H and O–H groups in total. The Hall–Kier alpha value is -1.13. The first kappa shape index (κ1) is 13.3. The lowest BCUT2D eigenvalue weighted by atomic mass is 10.1. The second-order valence-corrected chi connectivity index (χ2v) is 4.80. The molecule has 1 fully saturated rings. The number of benzene rings is 1. The van der Waals surface area contributed by atoms with E-state index in [9.17, 15) is 9.50 Å². The number of methoxy groups -OCH3 is 1. The molecule has 1 atom stereocenters. The zero-order valence-electron chi connectivity index (χ0n) is 10.9. The fraction of sp³-hybridized carbons (Fsp3) is 0.571. The molecule has 0 heterocycles. The van der Waals surface area contributed by atoms with Gasteiger partial charge < -0.3 is 14.7 Å². The number of halogens is 1. The molecule has 0 aliphatic heterocycles. The zero-order chi connectivity index (χ0) is 13.1. The molecule has 0 aromatic heterocycles. The van der Waals surface area contributed by atoms with Gasteiger partial charge in [-0.1, -0.05) is 0 Å². The van der Waals surface area contributed by atoms with Crippen LogP contribution in [0.2, 0.25) is 0 Å². The van der Waals surface area contributed by atoms with Crippen LogP contribution in [0.3, 0.4) is 0 Å². The van der Waals surface area contributed by atoms with Crippen molar-refractivity contribution in [1.82, 2.24) is 0 Å². The predicted molar refractivity (Wildman–Crippen MR) is 69.3 cm³/mol. The number of aliphatic hydroxyl groups is 1. The number of hydrogen-bond donors (Lipinski definition) is 1. The van der Waals surface area contributed by atoms with E-state index in [1.54, 1.807) is 20.1 Å². The third-order valence-corrected chi connectivity index (χ3v) is 3.27. The van der Waals surface area contributed by atoms with Gasteiger partial charge in [-0.25, -0.2) is 4.39 Å². The molecule has 1 aliphatic carbocycles. The van der Waals surface area contributed by atoms with E-state index in [1.807, 2.05) is 0 Å². The number of anilines is 1. The maximum atomic E-state index is 13.3. The molecule has 1 aliphatic rings. The Kier molecular flexibility index (Phi) is 4.19. The van der Waals surface area contributed by atoms with E-state index >= 15 is 0 Å². The van der Waals surface area contributed by atoms with Crippen LogP contribution in [-0.2, 0) is 4.74 Å². The first-order valence-corrected chi connectivity index (χ1v) is 6.36. The van der Waals surface area contributed by atoms with Gasteiger partial charge in [-0.3, -0.25) is 0 Å². The highest BCUT2D eigenvalue weighted by molar-refractivity contribution is 5.56. The SMILES string of the molecule is COCCN(c1ccc(F)cc1[C@@H](C)O)C1CC1. The Bertz CT molecular complexity index is 405. The molecule has 0 radical (unpaired) electrons. The van der Waals surface area contributed by atoms with Gasteiger partial charge in [0, 0.05) is 30.9 Å². The summed E-state index contributed by atoms with van der Waals surface area (Å²) >= 11 is 0. The summed E-state index contributed by atoms with van der Waals surface area (Å²) in [5.41, 5.74) is 1.57. The Morgan fingerprint density at radius 3 is 2.78 bits per heavy atom. The van der Waals surface area contributed by atoms with Crippen molar-refractivity contribution in [2.24, 2.45) is 0 Å². The number of nitrogens with zero attached hydrogens (tertiary/aromatic N) is 1. The van der Waals surface area contributed by atoms with E-state index in [0.29, 0.717) is 18.2 Å². The lowest BCUT2D eigenvalue weighted by Gasteiger charge is -2.27. The number of aliphatic hydroxyl groups excluding tert-OH is 1. The van der Waals surface area contributed by atoms with Gasteiger partial charge in [0.25, 0.3) is 0 Å². The smallest absolute Gasteiger partial charge is 0.123 e. The van der Waals surface area contributed by atoms with Gasteiger partial charge in [0.05, 0.1) is 12.7 Å². The van der Waals surface area contributed by atoms with Crippen molar-refractivity contribution in [3.05, 3.63) is 29.6 Å². The van der Waals surface area contributed by atoms with Crippen molar-refractivity contribution in [2.75, 3.05) is 25.2 Å². The normalized spacial score (nSPS) is 16.7. The molecular formula is C14H20FNO2. The van der Waals surface area contributed by atoms with E-state index in [0.717, 1.165) is 25.1 Å². The molecule has 1 saturated carbocycles. The first-order valence-electron chi connectivity index (χ1n) is 6.36. The standard InChI is InChI=1S/C14H20FNO2/c1-10(17)13-9-11(15)3-6-14(13)16(7-8-18-2)12-4-5-12/h3,6,9-10,12,17H,4-5,7-8H2,1-2H3/t10-/m1/s1. The van der Waals surface area contributed by atoms with Crippen LogP contribution in [0.1, 0.15) is 31.4 Å². The second kappa shape index (κ2) is 5.67. The molecule has 18 heavy (non-hydrogen) atoms. The molecule has 100 valence electrons. The van der Waals surface area contributed by atoms with Crippen LogP contribution in [-0.4, -0.2) is 31.4 Å². The fourth-order valence-electron chi connectivity index (χ4n) is 2.20. The zero-order valence-corrected chi connectivity index (χ0v) is 10.9. The van der Waals surface area contributed by atoms with Crippen molar-refractivity contribution in [1.29, 1.82) is 0 Å². The van der Waals surface area contributed by atoms with Gasteiger partial charge >= 0.3 is 0 Å². The maximum absolute atomic E-state index is 13.3. The van der Waals surface area contributed by atoms with Crippen LogP contribution in [0.15, 0.2) is 18.2 Å². The van der Waals surface area contributed by atoms with E-state index in [-0.39, 0.29) is 5.82 Å². The Balaban J connectivity index is 2.28. The highest BCUT2D eigenvalue weighted by atomic mass is 19.1. The molecule has 0 unspecified atom stereocenters. The second-order valence-electron chi connectivity index (χ2n) is 4.80. The van der Waals surface area contributed by atoms with Gasteiger partial charge in [0.15, 0.2) is 0 Å². The molecule has 2 rings (SSSR count). The molecular weight excluding hydrogens is 233 g/mol. The Labute approximate surface area is 107 Å². The van der Waals surface area contributed by atoms with Crippen molar-refractivity contribution in [3.8, 4) is 0 Å². The molecule has 1 aromatic carbocycles. The van der Waals surface area contributed by atoms with Crippen LogP contribution in [0, 0.1) is 5.82 Å². The molecule has 1 aromatic rings. The number of rotatable bonds is 6. The minimum atomic E-state index is -0.667. The van der Waals surface area contributed by atoms with Crippen LogP contribution in [0.25, 0.3) is 0 Å². The van der Waals surface area contributed by atoms with Crippen LogP contribution < -0.4 is 4.90 Å². The van der Waals surface area contributed by atoms with E-state index in [4.69, 9.17) is 4.74 Å². The maximum Gasteiger partial charge on any atom is 0.123 e. The van der Waals surface area contributed by atoms with Crippen molar-refractivity contribution >= 4 is 5.69 Å². The Morgan fingerprint density at radius 2 is 2.22 bits per heavy atom. The van der Waals surface area contributed by atoms with Crippen molar-refractivity contribution in [3.63, 3.8) is 0 Å². The minimum Gasteiger partial charge on any atom is -0.389 e. The monoisotopic (exact) mass is 253 g/mol. The molecule has 0 spiro atoms. The molecule has 0 saturated heterocycles. The highest BCUT2D eigenvalue weighted by Crippen LogP contribution is 2.35. The van der Waals surface area contributed by atoms with Gasteiger partial charge in [0.2, 0.25) is 0 Å². The average molecular weight is 253 g/mol. The van der Waals surface area contributed by atoms with Gasteiger partial charge in [-0.05, 0) is 38.0 Å². The van der Waals surface area contributed by atoms with Crippen LogP contribution in [0.4, 0.5) is 10.1 Å². The predicted octanol–water partition coefficient (Wildman–Crippen LogP) is 2.49. The summed E-state index contributed by atoms with van der Waals surface area (Å²) in [6.45, 7) is 3.07. The molecule has 0 amide bonds. The molecule has 3 nitrogen and oxygen atoms in total. The molecule has 0 bridgehead atoms. The van der Waals surface area contributed by atoms with Crippen molar-refractivity contribution < 1.29 is 14.2 Å². The third kappa shape index (κ3) is 3.00. The van der Waals surface area contributed by atoms with Crippen molar-refractivity contribution in [2.45, 2.75) is 31.9 Å². The van der Waals surface area contributed by atoms with Gasteiger partial charge in [-0.15, -0.1) is 0 Å². The minimum absolute atomic E-state index is 0.308. The first-order chi connectivity index (χ1) is 8.63. The molecule has 4 heteroatoms. The lowest BCUT2D eigenvalue weighted by Crippen LogP contribution is -2.30. The average Bonchev–Trinajstić information content (AvgIpc) is 3.15. The van der Waals surface area contributed by atoms with E-state index in [1.165, 1.54) is 12.1 Å². The Morgan fingerprint density at radius 1 is 1.50 bits per heavy atom. The third-order valence-electron chi connectivity index (χ3n) is 3.27. The van der Waals surface area contributed by atoms with Gasteiger partial charge in [0.1, 0.15) is 5.82 Å². The fourth-order valence-corrected chi connectivity index (χ4v) is 2.20. The summed E-state index contributed by atoms with van der Waals surface area (Å²) in [5, 5.41) is 9.78. The van der Waals surface area contributed by atoms with E-state index < -0.39 is 6.10 Å². The lowest BCUT2D eigenvalue weighted by molar-refractivity contribution is 0.196. The summed E-state index contributed by atoms with van der Waals surface area (Å²) in [5.74, 6) is -0.308. The van der Waals surface area contributed by atoms with Crippen LogP contribution >= 0.6 is 0 Å². The summed E-state index contributed by atoms with van der Waals surface area (Å²) in [7, 11) is 1.67. The summed E-state index contributed by atoms with van der Waals surface area (Å²) in [6.07, 6.45) is 1.64. The quantitative estimate of drug-likeness (QED) is 0.845. The largest absolute Gasteiger partial charge is 0.389 e. The summed E-state index contributed by atoms with van der Waals surface area (Å²) in [4.78, 5) is 2.21. The van der Waals surface area contributed by atoms with E-state index in [2.05, 4.69) is 4.90 Å². The number of ether oxygens (including phenoxy) is 1. The summed E-state index contributed by atoms with van der Waals surface area (Å²) < 4.78 is 18.4. The topological polar surface area (TPSA) is 32.7 Å². The number of hydrogen-bond acceptors (Lipinski definition) is 3. The summed E-state index contributed by atoms with van der Waals surface area (Å²) in [6, 6.07) is 5.12. The van der Waals surface area contributed by atoms with Gasteiger partial charge in [-0.2, -0.15) is 0 Å².